The number of aryl methyl sites for hydroxylation is 1. The van der Waals surface area contributed by atoms with E-state index in [0.717, 1.165) is 6.20 Å². The summed E-state index contributed by atoms with van der Waals surface area (Å²) < 4.78 is 25.2. The van der Waals surface area contributed by atoms with Gasteiger partial charge in [0.2, 0.25) is 0 Å². The van der Waals surface area contributed by atoms with Gasteiger partial charge in [-0.15, -0.1) is 0 Å². The number of imidazole rings is 1. The average molecular weight is 263 g/mol. The molecule has 17 heavy (non-hydrogen) atoms. The molecule has 0 aliphatic heterocycles. The summed E-state index contributed by atoms with van der Waals surface area (Å²) in [5.74, 6) is -0.979. The number of carboxylic acids is 1. The molecule has 4 N–H and O–H groups in total. The number of hydrogen-bond acceptors (Lipinski definition) is 5. The zero-order valence-corrected chi connectivity index (χ0v) is 9.86. The fourth-order valence-corrected chi connectivity index (χ4v) is 2.20. The molecule has 0 bridgehead atoms. The van der Waals surface area contributed by atoms with Gasteiger partial charge < -0.3 is 15.2 Å². The number of nitrogens with one attached hydrogen (secondary N) is 2. The third kappa shape index (κ3) is 3.25. The van der Waals surface area contributed by atoms with E-state index in [9.17, 15) is 13.2 Å². The number of carboxylic acid groups (broad SMARTS) is 1. The van der Waals surface area contributed by atoms with E-state index in [1.807, 2.05) is 4.72 Å². The molecule has 0 aliphatic carbocycles. The van der Waals surface area contributed by atoms with Crippen molar-refractivity contribution >= 4 is 16.0 Å². The van der Waals surface area contributed by atoms with Crippen molar-refractivity contribution in [2.45, 2.75) is 24.4 Å². The third-order valence-corrected chi connectivity index (χ3v) is 3.39. The molecule has 0 radical (unpaired) electrons. The minimum Gasteiger partial charge on any atom is -0.480 e. The molecule has 96 valence electrons. The molecule has 9 heteroatoms. The Morgan fingerprint density at radius 2 is 2.29 bits per heavy atom. The molecule has 1 aromatic heterocycles. The molecule has 0 aliphatic rings. The van der Waals surface area contributed by atoms with Gasteiger partial charge >= 0.3 is 5.97 Å². The molecule has 0 saturated carbocycles. The zero-order chi connectivity index (χ0) is 13.1. The molecule has 0 saturated heterocycles. The summed E-state index contributed by atoms with van der Waals surface area (Å²) in [5.41, 5.74) is 0. The van der Waals surface area contributed by atoms with Gasteiger partial charge in [-0.25, -0.2) is 13.4 Å². The summed E-state index contributed by atoms with van der Waals surface area (Å²) in [4.78, 5) is 16.9. The Bertz CT molecular complexity index is 495. The van der Waals surface area contributed by atoms with Gasteiger partial charge in [-0.3, -0.25) is 4.79 Å². The van der Waals surface area contributed by atoms with Crippen molar-refractivity contribution in [3.63, 3.8) is 0 Å². The van der Waals surface area contributed by atoms with Crippen LogP contribution in [0.5, 0.6) is 0 Å². The van der Waals surface area contributed by atoms with Crippen LogP contribution in [0.3, 0.4) is 0 Å². The molecular formula is C8H13N3O5S. The molecule has 1 rings (SSSR count). The first-order valence-electron chi connectivity index (χ1n) is 4.80. The average Bonchev–Trinajstić information content (AvgIpc) is 2.74. The Kier molecular flexibility index (Phi) is 4.21. The van der Waals surface area contributed by atoms with Crippen LogP contribution in [0, 0.1) is 0 Å². The van der Waals surface area contributed by atoms with Crippen molar-refractivity contribution in [1.29, 1.82) is 0 Å². The first-order valence-corrected chi connectivity index (χ1v) is 6.29. The van der Waals surface area contributed by atoms with Gasteiger partial charge in [0.05, 0.1) is 12.8 Å². The molecule has 1 aromatic rings. The zero-order valence-electron chi connectivity index (χ0n) is 9.04. The molecule has 8 nitrogen and oxygen atoms in total. The normalized spacial score (nSPS) is 13.5. The van der Waals surface area contributed by atoms with E-state index in [1.54, 1.807) is 6.92 Å². The number of aromatic nitrogens is 2. The van der Waals surface area contributed by atoms with E-state index >= 15 is 0 Å². The molecule has 0 fully saturated rings. The second kappa shape index (κ2) is 5.25. The van der Waals surface area contributed by atoms with E-state index < -0.39 is 28.6 Å². The van der Waals surface area contributed by atoms with Crippen LogP contribution in [0.4, 0.5) is 0 Å². The van der Waals surface area contributed by atoms with Crippen molar-refractivity contribution in [2.75, 3.05) is 6.61 Å². The number of aliphatic carboxylic acids is 1. The predicted molar refractivity (Wildman–Crippen MR) is 56.8 cm³/mol. The molecule has 0 unspecified atom stereocenters. The van der Waals surface area contributed by atoms with Crippen molar-refractivity contribution in [3.8, 4) is 0 Å². The maximum Gasteiger partial charge on any atom is 0.324 e. The van der Waals surface area contributed by atoms with Gasteiger partial charge in [-0.05, 0) is 0 Å². The highest BCUT2D eigenvalue weighted by Gasteiger charge is 2.25. The largest absolute Gasteiger partial charge is 0.480 e. The quantitative estimate of drug-likeness (QED) is 0.504. The predicted octanol–water partition coefficient (Wildman–Crippen LogP) is -1.30. The van der Waals surface area contributed by atoms with Crippen LogP contribution in [0.1, 0.15) is 12.7 Å². The SMILES string of the molecule is CCc1ncc(S(=O)(=O)N[C@@H](CO)C(=O)O)[nH]1. The Morgan fingerprint density at radius 1 is 1.65 bits per heavy atom. The Hall–Kier alpha value is -1.45. The summed E-state index contributed by atoms with van der Waals surface area (Å²) in [6.45, 7) is 0.958. The maximum atomic E-state index is 11.7. The van der Waals surface area contributed by atoms with Crippen molar-refractivity contribution < 1.29 is 23.4 Å². The highest BCUT2D eigenvalue weighted by atomic mass is 32.2. The lowest BCUT2D eigenvalue weighted by molar-refractivity contribution is -0.139. The number of aromatic amines is 1. The number of aliphatic hydroxyl groups excluding tert-OH is 1. The Labute approximate surface area is 97.7 Å². The molecule has 0 amide bonds. The summed E-state index contributed by atoms with van der Waals surface area (Å²) in [7, 11) is -4.01. The minimum atomic E-state index is -4.01. The lowest BCUT2D eigenvalue weighted by Gasteiger charge is -2.10. The lowest BCUT2D eigenvalue weighted by Crippen LogP contribution is -2.43. The van der Waals surface area contributed by atoms with Crippen LogP contribution >= 0.6 is 0 Å². The van der Waals surface area contributed by atoms with Crippen molar-refractivity contribution in [3.05, 3.63) is 12.0 Å². The second-order valence-corrected chi connectivity index (χ2v) is 4.92. The molecule has 1 heterocycles. The van der Waals surface area contributed by atoms with Gasteiger partial charge in [-0.1, -0.05) is 6.92 Å². The fourth-order valence-electron chi connectivity index (χ4n) is 1.08. The van der Waals surface area contributed by atoms with E-state index in [-0.39, 0.29) is 5.03 Å². The first-order chi connectivity index (χ1) is 7.90. The number of carbonyl (C=O) groups is 1. The smallest absolute Gasteiger partial charge is 0.324 e. The van der Waals surface area contributed by atoms with Crippen molar-refractivity contribution in [1.82, 2.24) is 14.7 Å². The summed E-state index contributed by atoms with van der Waals surface area (Å²) in [5, 5.41) is 17.1. The number of nitrogens with zero attached hydrogens (tertiary/aromatic N) is 1. The number of hydrogen-bond donors (Lipinski definition) is 4. The van der Waals surface area contributed by atoms with Crippen LogP contribution < -0.4 is 4.72 Å². The van der Waals surface area contributed by atoms with E-state index in [4.69, 9.17) is 10.2 Å². The summed E-state index contributed by atoms with van der Waals surface area (Å²) >= 11 is 0. The number of rotatable bonds is 6. The fraction of sp³-hybridized carbons (Fsp3) is 0.500. The lowest BCUT2D eigenvalue weighted by atomic mass is 10.3. The summed E-state index contributed by atoms with van der Waals surface area (Å²) in [6.07, 6.45) is 1.62. The van der Waals surface area contributed by atoms with E-state index in [1.165, 1.54) is 0 Å². The van der Waals surface area contributed by atoms with Gasteiger partial charge in [0.25, 0.3) is 10.0 Å². The van der Waals surface area contributed by atoms with Gasteiger partial charge in [0.1, 0.15) is 11.9 Å². The first kappa shape index (κ1) is 13.6. The highest BCUT2D eigenvalue weighted by molar-refractivity contribution is 7.89. The van der Waals surface area contributed by atoms with Crippen LogP contribution in [-0.4, -0.2) is 47.2 Å². The Morgan fingerprint density at radius 3 is 2.71 bits per heavy atom. The second-order valence-electron chi connectivity index (χ2n) is 3.24. The van der Waals surface area contributed by atoms with Gasteiger partial charge in [-0.2, -0.15) is 4.72 Å². The van der Waals surface area contributed by atoms with Gasteiger partial charge in [0.15, 0.2) is 5.03 Å². The van der Waals surface area contributed by atoms with Crippen LogP contribution in [0.2, 0.25) is 0 Å². The molecule has 1 atom stereocenters. The number of H-pyrrole nitrogens is 1. The maximum absolute atomic E-state index is 11.7. The molecule has 0 spiro atoms. The van der Waals surface area contributed by atoms with Gasteiger partial charge in [0, 0.05) is 6.42 Å². The topological polar surface area (TPSA) is 132 Å². The van der Waals surface area contributed by atoms with Crippen LogP contribution in [-0.2, 0) is 21.2 Å². The standard InChI is InChI=1S/C8H13N3O5S/c1-2-6-9-3-7(10-6)17(15,16)11-5(4-12)8(13)14/h3,5,11-12H,2,4H2,1H3,(H,9,10)(H,13,14)/t5-/m0/s1. The molecular weight excluding hydrogens is 250 g/mol. The Balaban J connectivity index is 2.91. The minimum absolute atomic E-state index is 0.228. The number of sulfonamides is 1. The van der Waals surface area contributed by atoms with Crippen LogP contribution in [0.25, 0.3) is 0 Å². The van der Waals surface area contributed by atoms with E-state index in [0.29, 0.717) is 12.2 Å². The van der Waals surface area contributed by atoms with Crippen molar-refractivity contribution in [2.24, 2.45) is 0 Å². The third-order valence-electron chi connectivity index (χ3n) is 2.01. The van der Waals surface area contributed by atoms with Crippen LogP contribution in [0.15, 0.2) is 11.2 Å². The monoisotopic (exact) mass is 263 g/mol. The summed E-state index contributed by atoms with van der Waals surface area (Å²) in [6, 6.07) is -1.58. The molecule has 0 aromatic carbocycles. The highest BCUT2D eigenvalue weighted by Crippen LogP contribution is 2.06. The number of aliphatic hydroxyl groups is 1. The van der Waals surface area contributed by atoms with E-state index in [2.05, 4.69) is 9.97 Å².